The van der Waals surface area contributed by atoms with Gasteiger partial charge in [-0.3, -0.25) is 0 Å². The minimum absolute atomic E-state index is 0.0468. The molecule has 0 spiro atoms. The summed E-state index contributed by atoms with van der Waals surface area (Å²) in [6.07, 6.45) is 1.01. The number of nitrogens with one attached hydrogen (secondary N) is 1. The van der Waals surface area contributed by atoms with Crippen molar-refractivity contribution in [3.63, 3.8) is 0 Å². The van der Waals surface area contributed by atoms with Gasteiger partial charge in [-0.05, 0) is 41.9 Å². The number of hydrogen-bond acceptors (Lipinski definition) is 2. The molecule has 1 aromatic rings. The van der Waals surface area contributed by atoms with Gasteiger partial charge in [-0.2, -0.15) is 0 Å². The van der Waals surface area contributed by atoms with E-state index in [1.54, 1.807) is 0 Å². The lowest BCUT2D eigenvalue weighted by Gasteiger charge is -2.16. The maximum absolute atomic E-state index is 5.93. The molecule has 2 aliphatic rings. The number of benzene rings is 1. The third kappa shape index (κ3) is 2.05. The van der Waals surface area contributed by atoms with Crippen LogP contribution in [0.3, 0.4) is 0 Å². The number of rotatable bonds is 3. The van der Waals surface area contributed by atoms with E-state index in [0.717, 1.165) is 18.7 Å². The zero-order chi connectivity index (χ0) is 14.8. The van der Waals surface area contributed by atoms with Crippen molar-refractivity contribution < 1.29 is 4.74 Å². The van der Waals surface area contributed by atoms with Crippen LogP contribution in [0.25, 0.3) is 0 Å². The van der Waals surface area contributed by atoms with Gasteiger partial charge in [0.25, 0.3) is 0 Å². The molecule has 0 bridgehead atoms. The van der Waals surface area contributed by atoms with Crippen LogP contribution in [0.4, 0.5) is 0 Å². The second-order valence-corrected chi connectivity index (χ2v) is 8.24. The second-order valence-electron chi connectivity index (χ2n) is 8.24. The summed E-state index contributed by atoms with van der Waals surface area (Å²) >= 11 is 0. The molecule has 0 unspecified atom stereocenters. The molecule has 1 saturated carbocycles. The van der Waals surface area contributed by atoms with Gasteiger partial charge in [-0.15, -0.1) is 0 Å². The first-order chi connectivity index (χ1) is 9.13. The van der Waals surface area contributed by atoms with Gasteiger partial charge in [-0.1, -0.05) is 39.8 Å². The second kappa shape index (κ2) is 4.00. The Morgan fingerprint density at radius 3 is 2.35 bits per heavy atom. The van der Waals surface area contributed by atoms with E-state index in [2.05, 4.69) is 65.1 Å². The SMILES string of the molecule is CC1(C)Cc2cc(CNC3C(C)(C)C3(C)C)ccc2O1. The number of hydrogen-bond donors (Lipinski definition) is 1. The van der Waals surface area contributed by atoms with Gasteiger partial charge < -0.3 is 10.1 Å². The topological polar surface area (TPSA) is 21.3 Å². The van der Waals surface area contributed by atoms with Gasteiger partial charge in [0.2, 0.25) is 0 Å². The Bertz CT molecular complexity index is 528. The monoisotopic (exact) mass is 273 g/mol. The van der Waals surface area contributed by atoms with Crippen molar-refractivity contribution in [1.29, 1.82) is 0 Å². The highest BCUT2D eigenvalue weighted by molar-refractivity contribution is 5.41. The van der Waals surface area contributed by atoms with Gasteiger partial charge in [0, 0.05) is 19.0 Å². The van der Waals surface area contributed by atoms with Crippen LogP contribution >= 0.6 is 0 Å². The lowest BCUT2D eigenvalue weighted by atomic mass is 10.0. The molecule has 0 aromatic heterocycles. The highest BCUT2D eigenvalue weighted by atomic mass is 16.5. The Kier molecular flexibility index (Phi) is 2.79. The average molecular weight is 273 g/mol. The fraction of sp³-hybridized carbons (Fsp3) is 0.667. The molecule has 1 aromatic carbocycles. The van der Waals surface area contributed by atoms with Crippen molar-refractivity contribution in [3.05, 3.63) is 29.3 Å². The van der Waals surface area contributed by atoms with E-state index in [4.69, 9.17) is 4.74 Å². The fourth-order valence-corrected chi connectivity index (χ4v) is 3.70. The molecular formula is C18H27NO. The Hall–Kier alpha value is -1.02. The molecule has 1 aliphatic carbocycles. The fourth-order valence-electron chi connectivity index (χ4n) is 3.70. The van der Waals surface area contributed by atoms with Crippen molar-refractivity contribution in [1.82, 2.24) is 5.32 Å². The van der Waals surface area contributed by atoms with Crippen molar-refractivity contribution in [2.75, 3.05) is 0 Å². The van der Waals surface area contributed by atoms with Crippen molar-refractivity contribution in [3.8, 4) is 5.75 Å². The smallest absolute Gasteiger partial charge is 0.123 e. The van der Waals surface area contributed by atoms with E-state index < -0.39 is 0 Å². The van der Waals surface area contributed by atoms with Crippen LogP contribution in [0, 0.1) is 10.8 Å². The minimum Gasteiger partial charge on any atom is -0.487 e. The van der Waals surface area contributed by atoms with Crippen LogP contribution < -0.4 is 10.1 Å². The molecular weight excluding hydrogens is 246 g/mol. The molecule has 20 heavy (non-hydrogen) atoms. The Morgan fingerprint density at radius 1 is 1.10 bits per heavy atom. The normalized spacial score (nSPS) is 25.1. The summed E-state index contributed by atoms with van der Waals surface area (Å²) in [6.45, 7) is 14.7. The third-order valence-corrected chi connectivity index (χ3v) is 5.66. The third-order valence-electron chi connectivity index (χ3n) is 5.66. The number of fused-ring (bicyclic) bond motifs is 1. The van der Waals surface area contributed by atoms with E-state index in [1.165, 1.54) is 11.1 Å². The summed E-state index contributed by atoms with van der Waals surface area (Å²) in [6, 6.07) is 7.23. The first kappa shape index (κ1) is 13.9. The summed E-state index contributed by atoms with van der Waals surface area (Å²) in [7, 11) is 0. The van der Waals surface area contributed by atoms with Crippen LogP contribution in [0.15, 0.2) is 18.2 Å². The van der Waals surface area contributed by atoms with Crippen molar-refractivity contribution >= 4 is 0 Å². The maximum Gasteiger partial charge on any atom is 0.123 e. The van der Waals surface area contributed by atoms with Crippen molar-refractivity contribution in [2.24, 2.45) is 10.8 Å². The predicted octanol–water partition coefficient (Wildman–Crippen LogP) is 3.92. The van der Waals surface area contributed by atoms with Crippen LogP contribution in [0.5, 0.6) is 5.75 Å². The molecule has 2 heteroatoms. The van der Waals surface area contributed by atoms with Crippen LogP contribution in [0.1, 0.15) is 52.7 Å². The van der Waals surface area contributed by atoms with E-state index in [0.29, 0.717) is 16.9 Å². The molecule has 1 fully saturated rings. The van der Waals surface area contributed by atoms with E-state index in [-0.39, 0.29) is 5.60 Å². The summed E-state index contributed by atoms with van der Waals surface area (Å²) in [4.78, 5) is 0. The molecule has 3 rings (SSSR count). The van der Waals surface area contributed by atoms with Gasteiger partial charge in [0.15, 0.2) is 0 Å². The molecule has 2 nitrogen and oxygen atoms in total. The molecule has 1 heterocycles. The van der Waals surface area contributed by atoms with Crippen molar-refractivity contribution in [2.45, 2.75) is 66.2 Å². The Morgan fingerprint density at radius 2 is 1.75 bits per heavy atom. The molecule has 110 valence electrons. The average Bonchev–Trinajstić information content (AvgIpc) is 2.59. The van der Waals surface area contributed by atoms with Crippen LogP contribution in [-0.2, 0) is 13.0 Å². The summed E-state index contributed by atoms with van der Waals surface area (Å²) in [5.41, 5.74) is 3.46. The largest absolute Gasteiger partial charge is 0.487 e. The Balaban J connectivity index is 1.67. The molecule has 1 aliphatic heterocycles. The van der Waals surface area contributed by atoms with Gasteiger partial charge in [0.1, 0.15) is 11.4 Å². The van der Waals surface area contributed by atoms with E-state index in [9.17, 15) is 0 Å². The summed E-state index contributed by atoms with van der Waals surface area (Å²) in [5.74, 6) is 1.06. The first-order valence-corrected chi connectivity index (χ1v) is 7.68. The Labute approximate surface area is 122 Å². The maximum atomic E-state index is 5.93. The molecule has 0 amide bonds. The summed E-state index contributed by atoms with van der Waals surface area (Å²) in [5, 5.41) is 3.72. The zero-order valence-corrected chi connectivity index (χ0v) is 13.6. The van der Waals surface area contributed by atoms with E-state index >= 15 is 0 Å². The minimum atomic E-state index is -0.0468. The van der Waals surface area contributed by atoms with Gasteiger partial charge in [0.05, 0.1) is 0 Å². The molecule has 1 N–H and O–H groups in total. The zero-order valence-electron chi connectivity index (χ0n) is 13.6. The summed E-state index contributed by atoms with van der Waals surface area (Å²) < 4.78 is 5.93. The molecule has 0 radical (unpaired) electrons. The lowest BCUT2D eigenvalue weighted by molar-refractivity contribution is 0.138. The van der Waals surface area contributed by atoms with E-state index in [1.807, 2.05) is 0 Å². The number of ether oxygens (including phenoxy) is 1. The van der Waals surface area contributed by atoms with Crippen LogP contribution in [0.2, 0.25) is 0 Å². The van der Waals surface area contributed by atoms with Gasteiger partial charge in [-0.25, -0.2) is 0 Å². The molecule has 0 atom stereocenters. The highest BCUT2D eigenvalue weighted by Gasteiger charge is 2.64. The lowest BCUT2D eigenvalue weighted by Crippen LogP contribution is -2.24. The first-order valence-electron chi connectivity index (χ1n) is 7.68. The highest BCUT2D eigenvalue weighted by Crippen LogP contribution is 2.62. The van der Waals surface area contributed by atoms with Gasteiger partial charge >= 0.3 is 0 Å². The quantitative estimate of drug-likeness (QED) is 0.901. The molecule has 0 saturated heterocycles. The standard InChI is InChI=1S/C18H27NO/c1-16(2)10-13-9-12(7-8-14(13)20-16)11-19-15-17(3,4)18(15,5)6/h7-9,15,19H,10-11H2,1-6H3. The predicted molar refractivity (Wildman–Crippen MR) is 83.0 cm³/mol. The van der Waals surface area contributed by atoms with Crippen LogP contribution in [-0.4, -0.2) is 11.6 Å².